The van der Waals surface area contributed by atoms with Gasteiger partial charge in [0.25, 0.3) is 0 Å². The van der Waals surface area contributed by atoms with E-state index in [4.69, 9.17) is 17.0 Å². The Morgan fingerprint density at radius 1 is 1.27 bits per heavy atom. The Bertz CT molecular complexity index is 704. The minimum absolute atomic E-state index is 0.267. The third kappa shape index (κ3) is 3.14. The molecule has 0 bridgehead atoms. The summed E-state index contributed by atoms with van der Waals surface area (Å²) < 4.78 is 10.3. The zero-order chi connectivity index (χ0) is 15.7. The van der Waals surface area contributed by atoms with Crippen LogP contribution < -0.4 is 0 Å². The van der Waals surface area contributed by atoms with Crippen molar-refractivity contribution in [1.29, 1.82) is 0 Å². The van der Waals surface area contributed by atoms with Crippen LogP contribution in [-0.4, -0.2) is 45.0 Å². The smallest absolute Gasteiger partial charge is 0.203 e. The standard InChI is InChI=1S/C16H22N4OS/c1-12-4-6-15(7-5-12)20-14(3)17-19(16(20)22)11-18-8-9-21-13(2)10-18/h4-7,13H,8-11H2,1-3H3/t13-/m1/s1. The molecule has 0 N–H and O–H groups in total. The van der Waals surface area contributed by atoms with E-state index in [0.29, 0.717) is 6.67 Å². The molecule has 2 heterocycles. The fourth-order valence-corrected chi connectivity index (χ4v) is 3.14. The molecule has 0 amide bonds. The van der Waals surface area contributed by atoms with Crippen LogP contribution in [0.3, 0.4) is 0 Å². The number of morpholine rings is 1. The lowest BCUT2D eigenvalue weighted by Crippen LogP contribution is -2.42. The second-order valence-corrected chi connectivity index (χ2v) is 6.27. The largest absolute Gasteiger partial charge is 0.376 e. The van der Waals surface area contributed by atoms with Gasteiger partial charge in [0.2, 0.25) is 4.77 Å². The first kappa shape index (κ1) is 15.4. The summed E-state index contributed by atoms with van der Waals surface area (Å²) in [5.74, 6) is 0.912. The molecule has 22 heavy (non-hydrogen) atoms. The highest BCUT2D eigenvalue weighted by Gasteiger charge is 2.18. The van der Waals surface area contributed by atoms with E-state index in [1.807, 2.05) is 16.2 Å². The molecule has 118 valence electrons. The van der Waals surface area contributed by atoms with Crippen molar-refractivity contribution in [3.05, 3.63) is 40.4 Å². The van der Waals surface area contributed by atoms with Gasteiger partial charge in [-0.1, -0.05) is 17.7 Å². The molecule has 1 aromatic carbocycles. The Morgan fingerprint density at radius 2 is 2.00 bits per heavy atom. The fraction of sp³-hybridized carbons (Fsp3) is 0.500. The number of hydrogen-bond acceptors (Lipinski definition) is 4. The summed E-state index contributed by atoms with van der Waals surface area (Å²) in [6.45, 7) is 9.49. The molecule has 3 rings (SSSR count). The van der Waals surface area contributed by atoms with E-state index in [0.717, 1.165) is 36.0 Å². The van der Waals surface area contributed by atoms with Gasteiger partial charge in [0.05, 0.1) is 19.4 Å². The molecule has 1 atom stereocenters. The monoisotopic (exact) mass is 318 g/mol. The van der Waals surface area contributed by atoms with Crippen molar-refractivity contribution in [1.82, 2.24) is 19.2 Å². The summed E-state index contributed by atoms with van der Waals surface area (Å²) in [6, 6.07) is 8.36. The van der Waals surface area contributed by atoms with Crippen LogP contribution in [0, 0.1) is 18.6 Å². The first-order chi connectivity index (χ1) is 10.5. The van der Waals surface area contributed by atoms with Crippen LogP contribution in [0.5, 0.6) is 0 Å². The van der Waals surface area contributed by atoms with Crippen LogP contribution in [0.2, 0.25) is 0 Å². The SMILES string of the molecule is Cc1ccc(-n2c(C)nn(CN3CCO[C@H](C)C3)c2=S)cc1. The van der Waals surface area contributed by atoms with E-state index in [-0.39, 0.29) is 6.10 Å². The maximum absolute atomic E-state index is 5.63. The van der Waals surface area contributed by atoms with E-state index >= 15 is 0 Å². The summed E-state index contributed by atoms with van der Waals surface area (Å²) in [5, 5.41) is 4.62. The Hall–Kier alpha value is -1.50. The number of aromatic nitrogens is 3. The van der Waals surface area contributed by atoms with Crippen LogP contribution in [0.15, 0.2) is 24.3 Å². The first-order valence-corrected chi connectivity index (χ1v) is 8.03. The summed E-state index contributed by atoms with van der Waals surface area (Å²) in [4.78, 5) is 2.33. The van der Waals surface area contributed by atoms with Gasteiger partial charge in [0.15, 0.2) is 0 Å². The maximum atomic E-state index is 5.63. The third-order valence-electron chi connectivity index (χ3n) is 3.95. The van der Waals surface area contributed by atoms with Crippen molar-refractivity contribution in [2.75, 3.05) is 19.7 Å². The number of nitrogens with zero attached hydrogens (tertiary/aromatic N) is 4. The van der Waals surface area contributed by atoms with Crippen LogP contribution in [0.25, 0.3) is 5.69 Å². The molecule has 0 aliphatic carbocycles. The van der Waals surface area contributed by atoms with Gasteiger partial charge in [-0.2, -0.15) is 5.10 Å². The van der Waals surface area contributed by atoms with Crippen LogP contribution in [0.1, 0.15) is 18.3 Å². The zero-order valence-electron chi connectivity index (χ0n) is 13.3. The molecule has 1 aromatic heterocycles. The highest BCUT2D eigenvalue weighted by Crippen LogP contribution is 2.14. The van der Waals surface area contributed by atoms with Crippen molar-refractivity contribution in [3.8, 4) is 5.69 Å². The molecule has 0 unspecified atom stereocenters. The van der Waals surface area contributed by atoms with Crippen molar-refractivity contribution in [3.63, 3.8) is 0 Å². The lowest BCUT2D eigenvalue weighted by atomic mass is 10.2. The molecule has 5 nitrogen and oxygen atoms in total. The van der Waals surface area contributed by atoms with Crippen LogP contribution >= 0.6 is 12.2 Å². The average Bonchev–Trinajstić information content (AvgIpc) is 2.75. The quantitative estimate of drug-likeness (QED) is 0.815. The third-order valence-corrected chi connectivity index (χ3v) is 4.35. The Labute approximate surface area is 136 Å². The average molecular weight is 318 g/mol. The Morgan fingerprint density at radius 3 is 2.68 bits per heavy atom. The van der Waals surface area contributed by atoms with Crippen LogP contribution in [-0.2, 0) is 11.4 Å². The van der Waals surface area contributed by atoms with Gasteiger partial charge in [0.1, 0.15) is 5.82 Å². The highest BCUT2D eigenvalue weighted by atomic mass is 32.1. The Balaban J connectivity index is 1.87. The van der Waals surface area contributed by atoms with E-state index in [2.05, 4.69) is 48.1 Å². The van der Waals surface area contributed by atoms with Crippen molar-refractivity contribution < 1.29 is 4.74 Å². The maximum Gasteiger partial charge on any atom is 0.203 e. The van der Waals surface area contributed by atoms with Crippen LogP contribution in [0.4, 0.5) is 0 Å². The van der Waals surface area contributed by atoms with E-state index in [9.17, 15) is 0 Å². The van der Waals surface area contributed by atoms with Gasteiger partial charge in [0, 0.05) is 18.8 Å². The molecule has 1 saturated heterocycles. The van der Waals surface area contributed by atoms with Gasteiger partial charge in [-0.05, 0) is 45.1 Å². The molecule has 1 aliphatic rings. The van der Waals surface area contributed by atoms with Crippen molar-refractivity contribution >= 4 is 12.2 Å². The summed E-state index contributed by atoms with van der Waals surface area (Å²) in [7, 11) is 0. The first-order valence-electron chi connectivity index (χ1n) is 7.62. The number of ether oxygens (including phenoxy) is 1. The molecule has 6 heteroatoms. The second-order valence-electron chi connectivity index (χ2n) is 5.90. The Kier molecular flexibility index (Phi) is 4.42. The van der Waals surface area contributed by atoms with Crippen molar-refractivity contribution in [2.24, 2.45) is 0 Å². The summed E-state index contributed by atoms with van der Waals surface area (Å²) in [5.41, 5.74) is 2.30. The molecule has 0 spiro atoms. The predicted octanol–water partition coefficient (Wildman–Crippen LogP) is 2.70. The summed E-state index contributed by atoms with van der Waals surface area (Å²) >= 11 is 5.63. The topological polar surface area (TPSA) is 35.2 Å². The molecule has 0 saturated carbocycles. The van der Waals surface area contributed by atoms with E-state index in [1.54, 1.807) is 0 Å². The van der Waals surface area contributed by atoms with Gasteiger partial charge >= 0.3 is 0 Å². The van der Waals surface area contributed by atoms with Gasteiger partial charge in [-0.15, -0.1) is 0 Å². The zero-order valence-corrected chi connectivity index (χ0v) is 14.1. The predicted molar refractivity (Wildman–Crippen MR) is 88.8 cm³/mol. The van der Waals surface area contributed by atoms with Gasteiger partial charge < -0.3 is 4.74 Å². The second kappa shape index (κ2) is 6.32. The lowest BCUT2D eigenvalue weighted by Gasteiger charge is -2.30. The molecule has 2 aromatic rings. The van der Waals surface area contributed by atoms with Gasteiger partial charge in [-0.25, -0.2) is 4.68 Å². The molecule has 1 fully saturated rings. The number of hydrogen-bond donors (Lipinski definition) is 0. The molecular formula is C16H22N4OS. The number of benzene rings is 1. The fourth-order valence-electron chi connectivity index (χ4n) is 2.81. The van der Waals surface area contributed by atoms with E-state index in [1.165, 1.54) is 5.56 Å². The molecule has 0 radical (unpaired) electrons. The summed E-state index contributed by atoms with van der Waals surface area (Å²) in [6.07, 6.45) is 0.267. The molecular weight excluding hydrogens is 296 g/mol. The van der Waals surface area contributed by atoms with E-state index < -0.39 is 0 Å². The molecule has 1 aliphatic heterocycles. The highest BCUT2D eigenvalue weighted by molar-refractivity contribution is 7.71. The van der Waals surface area contributed by atoms with Gasteiger partial charge in [-0.3, -0.25) is 9.47 Å². The normalized spacial score (nSPS) is 19.5. The van der Waals surface area contributed by atoms with Crippen molar-refractivity contribution in [2.45, 2.75) is 33.5 Å². The lowest BCUT2D eigenvalue weighted by molar-refractivity contribution is -0.0307. The minimum Gasteiger partial charge on any atom is -0.376 e. The number of rotatable bonds is 3. The minimum atomic E-state index is 0.267. The number of aryl methyl sites for hydroxylation is 2.